The van der Waals surface area contributed by atoms with E-state index in [1.54, 1.807) is 6.26 Å². The lowest BCUT2D eigenvalue weighted by atomic mass is 10.2. The summed E-state index contributed by atoms with van der Waals surface area (Å²) < 4.78 is 10.7. The topological polar surface area (TPSA) is 18.5 Å². The Hall–Kier alpha value is -1.25. The van der Waals surface area contributed by atoms with E-state index in [0.29, 0.717) is 6.61 Å². The predicted molar refractivity (Wildman–Crippen MR) is 64.3 cm³/mol. The van der Waals surface area contributed by atoms with Gasteiger partial charge in [-0.3, -0.25) is 0 Å². The summed E-state index contributed by atoms with van der Waals surface area (Å²) in [5.41, 5.74) is 1.21. The summed E-state index contributed by atoms with van der Waals surface area (Å²) in [5.74, 6) is 0. The zero-order valence-corrected chi connectivity index (χ0v) is 9.56. The summed E-state index contributed by atoms with van der Waals surface area (Å²) >= 11 is 5.80. The maximum atomic E-state index is 5.80. The molecule has 1 aliphatic rings. The SMILES string of the molecule is Clc1ccc(CCOC2C=CC=CO2)cc1. The normalized spacial score (nSPS) is 18.4. The van der Waals surface area contributed by atoms with E-state index in [2.05, 4.69) is 0 Å². The number of allylic oxidation sites excluding steroid dienone is 2. The van der Waals surface area contributed by atoms with Crippen LogP contribution >= 0.6 is 11.6 Å². The zero-order valence-electron chi connectivity index (χ0n) is 8.80. The molecule has 1 heterocycles. The third kappa shape index (κ3) is 3.40. The minimum absolute atomic E-state index is 0.252. The molecule has 1 aromatic rings. The molecule has 1 aliphatic heterocycles. The second kappa shape index (κ2) is 5.73. The van der Waals surface area contributed by atoms with Crippen molar-refractivity contribution < 1.29 is 9.47 Å². The summed E-state index contributed by atoms with van der Waals surface area (Å²) in [6, 6.07) is 7.78. The van der Waals surface area contributed by atoms with Crippen LogP contribution in [0.25, 0.3) is 0 Å². The fraction of sp³-hybridized carbons (Fsp3) is 0.231. The largest absolute Gasteiger partial charge is 0.469 e. The smallest absolute Gasteiger partial charge is 0.219 e. The summed E-state index contributed by atoms with van der Waals surface area (Å²) in [6.45, 7) is 0.629. The Bertz CT molecular complexity index is 381. The fourth-order valence-electron chi connectivity index (χ4n) is 1.41. The molecule has 0 spiro atoms. The van der Waals surface area contributed by atoms with Crippen molar-refractivity contribution in [2.24, 2.45) is 0 Å². The van der Waals surface area contributed by atoms with Crippen LogP contribution in [0.2, 0.25) is 5.02 Å². The number of halogens is 1. The number of hydrogen-bond acceptors (Lipinski definition) is 2. The van der Waals surface area contributed by atoms with E-state index in [4.69, 9.17) is 21.1 Å². The molecule has 2 rings (SSSR count). The van der Waals surface area contributed by atoms with E-state index >= 15 is 0 Å². The van der Waals surface area contributed by atoms with Crippen LogP contribution in [0.3, 0.4) is 0 Å². The monoisotopic (exact) mass is 236 g/mol. The van der Waals surface area contributed by atoms with Gasteiger partial charge in [-0.15, -0.1) is 0 Å². The molecule has 0 aliphatic carbocycles. The molecule has 0 saturated carbocycles. The first-order chi connectivity index (χ1) is 7.84. The molecule has 16 heavy (non-hydrogen) atoms. The van der Waals surface area contributed by atoms with Gasteiger partial charge in [0.15, 0.2) is 0 Å². The minimum Gasteiger partial charge on any atom is -0.469 e. The number of ether oxygens (including phenoxy) is 2. The lowest BCUT2D eigenvalue weighted by Crippen LogP contribution is -2.14. The van der Waals surface area contributed by atoms with Crippen molar-refractivity contribution in [2.75, 3.05) is 6.61 Å². The minimum atomic E-state index is -0.252. The lowest BCUT2D eigenvalue weighted by Gasteiger charge is -2.15. The van der Waals surface area contributed by atoms with Crippen LogP contribution < -0.4 is 0 Å². The van der Waals surface area contributed by atoms with Gasteiger partial charge < -0.3 is 9.47 Å². The van der Waals surface area contributed by atoms with E-state index in [0.717, 1.165) is 11.4 Å². The number of hydrogen-bond donors (Lipinski definition) is 0. The Kier molecular flexibility index (Phi) is 4.03. The van der Waals surface area contributed by atoms with Crippen LogP contribution in [0.4, 0.5) is 0 Å². The fourth-order valence-corrected chi connectivity index (χ4v) is 1.53. The summed E-state index contributed by atoms with van der Waals surface area (Å²) in [5, 5.41) is 0.758. The van der Waals surface area contributed by atoms with E-state index in [1.807, 2.05) is 42.5 Å². The first kappa shape index (κ1) is 11.2. The van der Waals surface area contributed by atoms with Crippen LogP contribution in [0.1, 0.15) is 5.56 Å². The lowest BCUT2D eigenvalue weighted by molar-refractivity contribution is -0.0729. The highest BCUT2D eigenvalue weighted by molar-refractivity contribution is 6.30. The highest BCUT2D eigenvalue weighted by Crippen LogP contribution is 2.11. The van der Waals surface area contributed by atoms with Crippen molar-refractivity contribution in [3.05, 3.63) is 59.3 Å². The van der Waals surface area contributed by atoms with Gasteiger partial charge in [-0.25, -0.2) is 0 Å². The quantitative estimate of drug-likeness (QED) is 0.799. The van der Waals surface area contributed by atoms with E-state index in [-0.39, 0.29) is 6.29 Å². The number of rotatable bonds is 4. The van der Waals surface area contributed by atoms with Gasteiger partial charge in [-0.1, -0.05) is 29.8 Å². The Morgan fingerprint density at radius 1 is 1.19 bits per heavy atom. The third-order valence-electron chi connectivity index (χ3n) is 2.26. The molecule has 0 saturated heterocycles. The van der Waals surface area contributed by atoms with Crippen LogP contribution in [-0.4, -0.2) is 12.9 Å². The van der Waals surface area contributed by atoms with E-state index < -0.39 is 0 Å². The van der Waals surface area contributed by atoms with Crippen LogP contribution in [-0.2, 0) is 15.9 Å². The third-order valence-corrected chi connectivity index (χ3v) is 2.51. The van der Waals surface area contributed by atoms with Gasteiger partial charge in [0.25, 0.3) is 0 Å². The van der Waals surface area contributed by atoms with Gasteiger partial charge in [0, 0.05) is 5.02 Å². The van der Waals surface area contributed by atoms with Gasteiger partial charge in [0.05, 0.1) is 12.9 Å². The molecule has 3 heteroatoms. The van der Waals surface area contributed by atoms with E-state index in [1.165, 1.54) is 5.56 Å². The molecule has 1 unspecified atom stereocenters. The van der Waals surface area contributed by atoms with Crippen LogP contribution in [0.5, 0.6) is 0 Å². The molecular weight excluding hydrogens is 224 g/mol. The van der Waals surface area contributed by atoms with Gasteiger partial charge in [0.1, 0.15) is 0 Å². The molecule has 2 nitrogen and oxygen atoms in total. The second-order valence-corrected chi connectivity index (χ2v) is 3.90. The number of benzene rings is 1. The van der Waals surface area contributed by atoms with Gasteiger partial charge in [-0.05, 0) is 36.3 Å². The average Bonchev–Trinajstić information content (AvgIpc) is 2.33. The molecule has 0 aromatic heterocycles. The van der Waals surface area contributed by atoms with Gasteiger partial charge >= 0.3 is 0 Å². The standard InChI is InChI=1S/C13H13ClO2/c14-12-6-4-11(5-7-12)8-10-16-13-3-1-2-9-15-13/h1-7,9,13H,8,10H2. The zero-order chi connectivity index (χ0) is 11.2. The van der Waals surface area contributed by atoms with Crippen molar-refractivity contribution in [1.29, 1.82) is 0 Å². The molecule has 0 bridgehead atoms. The van der Waals surface area contributed by atoms with Crippen molar-refractivity contribution >= 4 is 11.6 Å². The maximum Gasteiger partial charge on any atom is 0.219 e. The van der Waals surface area contributed by atoms with Gasteiger partial charge in [0.2, 0.25) is 6.29 Å². The Morgan fingerprint density at radius 3 is 2.69 bits per heavy atom. The first-order valence-electron chi connectivity index (χ1n) is 5.19. The van der Waals surface area contributed by atoms with Gasteiger partial charge in [-0.2, -0.15) is 0 Å². The molecule has 1 atom stereocenters. The van der Waals surface area contributed by atoms with Crippen molar-refractivity contribution in [3.63, 3.8) is 0 Å². The van der Waals surface area contributed by atoms with Crippen molar-refractivity contribution in [1.82, 2.24) is 0 Å². The Balaban J connectivity index is 1.73. The van der Waals surface area contributed by atoms with Crippen molar-refractivity contribution in [3.8, 4) is 0 Å². The molecule has 84 valence electrons. The Morgan fingerprint density at radius 2 is 2.00 bits per heavy atom. The van der Waals surface area contributed by atoms with Crippen molar-refractivity contribution in [2.45, 2.75) is 12.7 Å². The summed E-state index contributed by atoms with van der Waals surface area (Å²) in [6.07, 6.45) is 7.86. The summed E-state index contributed by atoms with van der Waals surface area (Å²) in [4.78, 5) is 0. The molecule has 0 radical (unpaired) electrons. The molecule has 0 amide bonds. The molecular formula is C13H13ClO2. The molecule has 0 fully saturated rings. The second-order valence-electron chi connectivity index (χ2n) is 3.47. The highest BCUT2D eigenvalue weighted by Gasteiger charge is 2.05. The average molecular weight is 237 g/mol. The highest BCUT2D eigenvalue weighted by atomic mass is 35.5. The Labute approximate surface area is 100 Å². The van der Waals surface area contributed by atoms with Crippen LogP contribution in [0.15, 0.2) is 48.8 Å². The van der Waals surface area contributed by atoms with E-state index in [9.17, 15) is 0 Å². The first-order valence-corrected chi connectivity index (χ1v) is 5.57. The van der Waals surface area contributed by atoms with Crippen LogP contribution in [0, 0.1) is 0 Å². The maximum absolute atomic E-state index is 5.80. The molecule has 0 N–H and O–H groups in total. The summed E-state index contributed by atoms with van der Waals surface area (Å²) in [7, 11) is 0. The molecule has 1 aromatic carbocycles. The predicted octanol–water partition coefficient (Wildman–Crippen LogP) is 3.33.